The number of carboxylic acids is 1. The van der Waals surface area contributed by atoms with Gasteiger partial charge in [0.1, 0.15) is 5.56 Å². The molecule has 0 aliphatic rings. The van der Waals surface area contributed by atoms with Crippen LogP contribution < -0.4 is 15.2 Å². The van der Waals surface area contributed by atoms with Gasteiger partial charge in [-0.05, 0) is 0 Å². The third-order valence-corrected chi connectivity index (χ3v) is 2.08. The predicted molar refractivity (Wildman–Crippen MR) is 61.3 cm³/mol. The van der Waals surface area contributed by atoms with Crippen LogP contribution in [0.15, 0.2) is 12.1 Å². The maximum atomic E-state index is 10.9. The second-order valence-corrected chi connectivity index (χ2v) is 3.34. The van der Waals surface area contributed by atoms with E-state index in [2.05, 4.69) is 0 Å². The van der Waals surface area contributed by atoms with E-state index in [0.717, 1.165) is 12.1 Å². The molecular weight excluding hydrogens is 260 g/mol. The van der Waals surface area contributed by atoms with Crippen molar-refractivity contribution in [3.63, 3.8) is 0 Å². The molecule has 19 heavy (non-hydrogen) atoms. The van der Waals surface area contributed by atoms with E-state index in [1.54, 1.807) is 0 Å². The summed E-state index contributed by atoms with van der Waals surface area (Å²) in [4.78, 5) is 31.4. The second kappa shape index (κ2) is 5.67. The van der Waals surface area contributed by atoms with Crippen molar-refractivity contribution in [2.75, 3.05) is 13.7 Å². The van der Waals surface area contributed by atoms with Gasteiger partial charge >= 0.3 is 5.97 Å². The van der Waals surface area contributed by atoms with E-state index in [4.69, 9.17) is 20.3 Å². The number of methoxy groups -OCH3 is 1. The number of nitro groups is 1. The molecule has 1 aromatic rings. The third-order valence-electron chi connectivity index (χ3n) is 2.08. The van der Waals surface area contributed by atoms with E-state index in [1.807, 2.05) is 0 Å². The largest absolute Gasteiger partial charge is 0.493 e. The second-order valence-electron chi connectivity index (χ2n) is 3.34. The molecule has 0 spiro atoms. The van der Waals surface area contributed by atoms with Crippen LogP contribution in [-0.2, 0) is 4.79 Å². The minimum Gasteiger partial charge on any atom is -0.493 e. The Bertz CT molecular complexity index is 541. The Hall–Kier alpha value is -2.84. The fourth-order valence-corrected chi connectivity index (χ4v) is 1.29. The van der Waals surface area contributed by atoms with Crippen molar-refractivity contribution in [3.8, 4) is 11.5 Å². The number of nitrogens with two attached hydrogens (primary N) is 1. The van der Waals surface area contributed by atoms with Crippen LogP contribution in [0.4, 0.5) is 5.69 Å². The number of aromatic carboxylic acids is 1. The Labute approximate surface area is 106 Å². The lowest BCUT2D eigenvalue weighted by Crippen LogP contribution is -2.20. The van der Waals surface area contributed by atoms with E-state index in [9.17, 15) is 19.7 Å². The van der Waals surface area contributed by atoms with Crippen molar-refractivity contribution in [3.05, 3.63) is 27.8 Å². The first-order chi connectivity index (χ1) is 8.86. The Morgan fingerprint density at radius 2 is 2.05 bits per heavy atom. The summed E-state index contributed by atoms with van der Waals surface area (Å²) >= 11 is 0. The zero-order valence-corrected chi connectivity index (χ0v) is 9.78. The fraction of sp³-hybridized carbons (Fsp3) is 0.200. The first kappa shape index (κ1) is 14.2. The minimum absolute atomic E-state index is 0.0516. The molecule has 0 unspecified atom stereocenters. The van der Waals surface area contributed by atoms with Crippen LogP contribution in [0.1, 0.15) is 10.4 Å². The molecule has 9 nitrogen and oxygen atoms in total. The summed E-state index contributed by atoms with van der Waals surface area (Å²) in [5, 5.41) is 19.6. The number of carboxylic acid groups (broad SMARTS) is 1. The number of carbonyl (C=O) groups is 2. The molecule has 1 amide bonds. The molecule has 0 radical (unpaired) electrons. The number of amides is 1. The van der Waals surface area contributed by atoms with Crippen molar-refractivity contribution >= 4 is 17.6 Å². The summed E-state index contributed by atoms with van der Waals surface area (Å²) in [7, 11) is 1.23. The van der Waals surface area contributed by atoms with Crippen molar-refractivity contribution < 1.29 is 29.1 Å². The predicted octanol–water partition coefficient (Wildman–Crippen LogP) is 0.166. The molecule has 0 saturated heterocycles. The number of benzene rings is 1. The lowest BCUT2D eigenvalue weighted by molar-refractivity contribution is -0.385. The van der Waals surface area contributed by atoms with Gasteiger partial charge in [0.15, 0.2) is 18.1 Å². The number of ether oxygens (including phenoxy) is 2. The Balaban J connectivity index is 3.31. The van der Waals surface area contributed by atoms with Crippen LogP contribution in [-0.4, -0.2) is 35.6 Å². The summed E-state index contributed by atoms with van der Waals surface area (Å²) in [6, 6.07) is 1.81. The van der Waals surface area contributed by atoms with Gasteiger partial charge < -0.3 is 20.3 Å². The fourth-order valence-electron chi connectivity index (χ4n) is 1.29. The molecule has 1 aromatic carbocycles. The number of hydrogen-bond acceptors (Lipinski definition) is 6. The van der Waals surface area contributed by atoms with Crippen LogP contribution in [0.3, 0.4) is 0 Å². The zero-order valence-electron chi connectivity index (χ0n) is 9.78. The molecule has 9 heteroatoms. The maximum absolute atomic E-state index is 10.9. The molecule has 0 atom stereocenters. The SMILES string of the molecule is COc1cc(C(=O)O)c([N+](=O)[O-])cc1OCC(N)=O. The van der Waals surface area contributed by atoms with Gasteiger partial charge in [-0.3, -0.25) is 14.9 Å². The third kappa shape index (κ3) is 3.31. The van der Waals surface area contributed by atoms with Gasteiger partial charge in [-0.2, -0.15) is 0 Å². The molecule has 0 bridgehead atoms. The van der Waals surface area contributed by atoms with Gasteiger partial charge in [0, 0.05) is 6.07 Å². The molecule has 0 aliphatic heterocycles. The smallest absolute Gasteiger partial charge is 0.342 e. The number of primary amides is 1. The number of carbonyl (C=O) groups excluding carboxylic acids is 1. The normalized spacial score (nSPS) is 9.74. The zero-order chi connectivity index (χ0) is 14.6. The Morgan fingerprint density at radius 3 is 2.47 bits per heavy atom. The van der Waals surface area contributed by atoms with Gasteiger partial charge in [0.2, 0.25) is 0 Å². The molecular formula is C10H10N2O7. The van der Waals surface area contributed by atoms with Crippen molar-refractivity contribution in [1.29, 1.82) is 0 Å². The molecule has 0 aliphatic carbocycles. The summed E-state index contributed by atoms with van der Waals surface area (Å²) in [5.74, 6) is -2.46. The minimum atomic E-state index is -1.48. The lowest BCUT2D eigenvalue weighted by Gasteiger charge is -2.10. The summed E-state index contributed by atoms with van der Waals surface area (Å²) in [6.45, 7) is -0.514. The lowest BCUT2D eigenvalue weighted by atomic mass is 10.1. The molecule has 1 rings (SSSR count). The highest BCUT2D eigenvalue weighted by molar-refractivity contribution is 5.93. The van der Waals surface area contributed by atoms with Crippen LogP contribution in [0, 0.1) is 10.1 Å². The summed E-state index contributed by atoms with van der Waals surface area (Å²) < 4.78 is 9.76. The Morgan fingerprint density at radius 1 is 1.42 bits per heavy atom. The van der Waals surface area contributed by atoms with Crippen LogP contribution >= 0.6 is 0 Å². The number of rotatable bonds is 6. The quantitative estimate of drug-likeness (QED) is 0.553. The van der Waals surface area contributed by atoms with E-state index in [0.29, 0.717) is 0 Å². The molecule has 0 aromatic heterocycles. The molecule has 0 heterocycles. The average Bonchev–Trinajstić information content (AvgIpc) is 2.34. The molecule has 3 N–H and O–H groups in total. The molecule has 102 valence electrons. The van der Waals surface area contributed by atoms with Crippen molar-refractivity contribution in [2.45, 2.75) is 0 Å². The first-order valence-corrected chi connectivity index (χ1v) is 4.87. The maximum Gasteiger partial charge on any atom is 0.342 e. The van der Waals surface area contributed by atoms with E-state index >= 15 is 0 Å². The summed E-state index contributed by atoms with van der Waals surface area (Å²) in [5.41, 5.74) is 3.65. The van der Waals surface area contributed by atoms with E-state index in [-0.39, 0.29) is 11.5 Å². The van der Waals surface area contributed by atoms with Crippen molar-refractivity contribution in [2.24, 2.45) is 5.73 Å². The van der Waals surface area contributed by atoms with Gasteiger partial charge in [-0.15, -0.1) is 0 Å². The van der Waals surface area contributed by atoms with Crippen LogP contribution in [0.2, 0.25) is 0 Å². The van der Waals surface area contributed by atoms with Crippen LogP contribution in [0.5, 0.6) is 11.5 Å². The Kier molecular flexibility index (Phi) is 4.24. The highest BCUT2D eigenvalue weighted by Gasteiger charge is 2.24. The number of nitrogens with zero attached hydrogens (tertiary/aromatic N) is 1. The average molecular weight is 270 g/mol. The van der Waals surface area contributed by atoms with Gasteiger partial charge in [0.05, 0.1) is 18.1 Å². The van der Waals surface area contributed by atoms with Gasteiger partial charge in [-0.1, -0.05) is 0 Å². The van der Waals surface area contributed by atoms with E-state index in [1.165, 1.54) is 7.11 Å². The van der Waals surface area contributed by atoms with E-state index < -0.39 is 34.7 Å². The topological polar surface area (TPSA) is 142 Å². The highest BCUT2D eigenvalue weighted by atomic mass is 16.6. The monoisotopic (exact) mass is 270 g/mol. The summed E-state index contributed by atoms with van der Waals surface area (Å²) in [6.07, 6.45) is 0. The highest BCUT2D eigenvalue weighted by Crippen LogP contribution is 2.34. The number of nitro benzene ring substituents is 1. The van der Waals surface area contributed by atoms with Gasteiger partial charge in [0.25, 0.3) is 11.6 Å². The standard InChI is InChI=1S/C10H10N2O7/c1-18-7-2-5(10(14)15)6(12(16)17)3-8(7)19-4-9(11)13/h2-3H,4H2,1H3,(H2,11,13)(H,14,15). The van der Waals surface area contributed by atoms with Gasteiger partial charge in [-0.25, -0.2) is 4.79 Å². The first-order valence-electron chi connectivity index (χ1n) is 4.87. The molecule has 0 saturated carbocycles. The van der Waals surface area contributed by atoms with Crippen LogP contribution in [0.25, 0.3) is 0 Å². The number of hydrogen-bond donors (Lipinski definition) is 2. The van der Waals surface area contributed by atoms with Crippen molar-refractivity contribution in [1.82, 2.24) is 0 Å². The molecule has 0 fully saturated rings.